The fraction of sp³-hybridized carbons (Fsp3) is 0.529. The Morgan fingerprint density at radius 1 is 1.27 bits per heavy atom. The van der Waals surface area contributed by atoms with E-state index in [1.165, 1.54) is 0 Å². The Bertz CT molecular complexity index is 752. The summed E-state index contributed by atoms with van der Waals surface area (Å²) in [4.78, 5) is 24.8. The number of sulfone groups is 1. The van der Waals surface area contributed by atoms with Gasteiger partial charge < -0.3 is 16.0 Å². The van der Waals surface area contributed by atoms with E-state index in [4.69, 9.17) is 11.6 Å². The highest BCUT2D eigenvalue weighted by molar-refractivity contribution is 7.91. The Labute approximate surface area is 158 Å². The van der Waals surface area contributed by atoms with Crippen LogP contribution >= 0.6 is 11.6 Å². The Hall–Kier alpha value is -1.80. The van der Waals surface area contributed by atoms with Gasteiger partial charge in [-0.1, -0.05) is 31.9 Å². The van der Waals surface area contributed by atoms with Crippen molar-refractivity contribution in [2.75, 3.05) is 16.8 Å². The third kappa shape index (κ3) is 5.88. The maximum absolute atomic E-state index is 12.6. The van der Waals surface area contributed by atoms with E-state index in [9.17, 15) is 18.0 Å². The van der Waals surface area contributed by atoms with Crippen LogP contribution < -0.4 is 16.0 Å². The van der Waals surface area contributed by atoms with Crippen molar-refractivity contribution in [3.63, 3.8) is 0 Å². The standard InChI is InChI=1S/C17H24ClN3O4S/c1-3-11(2)15(16(22)19-13-6-4-12(18)5-7-13)21-17(23)20-14-8-9-26(24,25)10-14/h4-7,11,14-15H,3,8-10H2,1-2H3,(H,19,22)(H2,20,21,23)/t11-,14-,15+/m1/s1. The zero-order valence-electron chi connectivity index (χ0n) is 14.8. The summed E-state index contributed by atoms with van der Waals surface area (Å²) in [6.07, 6.45) is 1.08. The number of amides is 3. The average molecular weight is 402 g/mol. The monoisotopic (exact) mass is 401 g/mol. The first-order chi connectivity index (χ1) is 12.2. The number of hydrogen-bond acceptors (Lipinski definition) is 4. The van der Waals surface area contributed by atoms with Crippen LogP contribution in [0.3, 0.4) is 0 Å². The topological polar surface area (TPSA) is 104 Å². The van der Waals surface area contributed by atoms with E-state index in [-0.39, 0.29) is 23.3 Å². The Morgan fingerprint density at radius 2 is 1.92 bits per heavy atom. The Morgan fingerprint density at radius 3 is 2.46 bits per heavy atom. The predicted octanol–water partition coefficient (Wildman–Crippen LogP) is 2.18. The zero-order chi connectivity index (χ0) is 19.3. The van der Waals surface area contributed by atoms with Gasteiger partial charge in [-0.15, -0.1) is 0 Å². The summed E-state index contributed by atoms with van der Waals surface area (Å²) in [7, 11) is -3.08. The van der Waals surface area contributed by atoms with Gasteiger partial charge in [0.2, 0.25) is 5.91 Å². The third-order valence-electron chi connectivity index (χ3n) is 4.46. The van der Waals surface area contributed by atoms with Crippen molar-refractivity contribution in [3.8, 4) is 0 Å². The van der Waals surface area contributed by atoms with Crippen molar-refractivity contribution in [1.82, 2.24) is 10.6 Å². The summed E-state index contributed by atoms with van der Waals surface area (Å²) in [5, 5.41) is 8.64. The summed E-state index contributed by atoms with van der Waals surface area (Å²) in [5.74, 6) is -0.425. The van der Waals surface area contributed by atoms with Crippen molar-refractivity contribution in [2.24, 2.45) is 5.92 Å². The van der Waals surface area contributed by atoms with E-state index in [2.05, 4.69) is 16.0 Å². The quantitative estimate of drug-likeness (QED) is 0.679. The molecule has 9 heteroatoms. The van der Waals surface area contributed by atoms with Gasteiger partial charge in [-0.05, 0) is 36.6 Å². The largest absolute Gasteiger partial charge is 0.334 e. The average Bonchev–Trinajstić information content (AvgIpc) is 2.92. The van der Waals surface area contributed by atoms with Gasteiger partial charge >= 0.3 is 6.03 Å². The summed E-state index contributed by atoms with van der Waals surface area (Å²) in [5.41, 5.74) is 0.580. The molecule has 1 aliphatic heterocycles. The van der Waals surface area contributed by atoms with Crippen LogP contribution in [-0.4, -0.2) is 43.9 Å². The molecule has 0 aliphatic carbocycles. The minimum Gasteiger partial charge on any atom is -0.334 e. The molecule has 1 saturated heterocycles. The molecule has 1 fully saturated rings. The minimum absolute atomic E-state index is 0.0641. The third-order valence-corrected chi connectivity index (χ3v) is 6.48. The van der Waals surface area contributed by atoms with E-state index in [0.29, 0.717) is 23.6 Å². The molecule has 3 amide bonds. The number of nitrogens with one attached hydrogen (secondary N) is 3. The first kappa shape index (κ1) is 20.5. The molecule has 1 aromatic carbocycles. The number of carbonyl (C=O) groups is 2. The van der Waals surface area contributed by atoms with Crippen molar-refractivity contribution in [3.05, 3.63) is 29.3 Å². The van der Waals surface area contributed by atoms with Crippen LogP contribution in [0.2, 0.25) is 5.02 Å². The maximum Gasteiger partial charge on any atom is 0.315 e. The number of urea groups is 1. The van der Waals surface area contributed by atoms with Crippen molar-refractivity contribution < 1.29 is 18.0 Å². The molecule has 7 nitrogen and oxygen atoms in total. The van der Waals surface area contributed by atoms with Gasteiger partial charge in [0.15, 0.2) is 9.84 Å². The molecule has 0 saturated carbocycles. The van der Waals surface area contributed by atoms with E-state index >= 15 is 0 Å². The van der Waals surface area contributed by atoms with Crippen LogP contribution in [-0.2, 0) is 14.6 Å². The van der Waals surface area contributed by atoms with Crippen LogP contribution in [0, 0.1) is 5.92 Å². The van der Waals surface area contributed by atoms with Crippen molar-refractivity contribution >= 4 is 39.1 Å². The number of anilines is 1. The van der Waals surface area contributed by atoms with Gasteiger partial charge in [0.1, 0.15) is 6.04 Å². The molecule has 0 radical (unpaired) electrons. The second-order valence-electron chi connectivity index (χ2n) is 6.58. The number of hydrogen-bond donors (Lipinski definition) is 3. The van der Waals surface area contributed by atoms with Gasteiger partial charge in [0, 0.05) is 16.8 Å². The van der Waals surface area contributed by atoms with Gasteiger partial charge in [-0.25, -0.2) is 13.2 Å². The molecule has 0 unspecified atom stereocenters. The lowest BCUT2D eigenvalue weighted by atomic mass is 9.98. The molecule has 1 heterocycles. The minimum atomic E-state index is -3.08. The lowest BCUT2D eigenvalue weighted by Gasteiger charge is -2.24. The molecule has 1 aliphatic rings. The highest BCUT2D eigenvalue weighted by atomic mass is 35.5. The summed E-state index contributed by atoms with van der Waals surface area (Å²) >= 11 is 5.83. The van der Waals surface area contributed by atoms with Gasteiger partial charge in [0.25, 0.3) is 0 Å². The highest BCUT2D eigenvalue weighted by Crippen LogP contribution is 2.16. The summed E-state index contributed by atoms with van der Waals surface area (Å²) in [6, 6.07) is 4.98. The van der Waals surface area contributed by atoms with E-state index in [0.717, 1.165) is 0 Å². The molecule has 144 valence electrons. The predicted molar refractivity (Wildman–Crippen MR) is 102 cm³/mol. The molecular weight excluding hydrogens is 378 g/mol. The van der Waals surface area contributed by atoms with E-state index < -0.39 is 28.0 Å². The van der Waals surface area contributed by atoms with Crippen LogP contribution in [0.5, 0.6) is 0 Å². The SMILES string of the molecule is CC[C@@H](C)[C@H](NC(=O)N[C@@H]1CCS(=O)(=O)C1)C(=O)Nc1ccc(Cl)cc1. The van der Waals surface area contributed by atoms with Crippen LogP contribution in [0.4, 0.5) is 10.5 Å². The maximum atomic E-state index is 12.6. The second kappa shape index (κ2) is 8.73. The van der Waals surface area contributed by atoms with Crippen LogP contribution in [0.15, 0.2) is 24.3 Å². The van der Waals surface area contributed by atoms with Crippen LogP contribution in [0.1, 0.15) is 26.7 Å². The molecule has 3 atom stereocenters. The number of rotatable bonds is 6. The number of carbonyl (C=O) groups excluding carboxylic acids is 2. The molecule has 26 heavy (non-hydrogen) atoms. The summed E-state index contributed by atoms with van der Waals surface area (Å²) in [6.45, 7) is 3.79. The Balaban J connectivity index is 1.98. The van der Waals surface area contributed by atoms with Crippen molar-refractivity contribution in [1.29, 1.82) is 0 Å². The van der Waals surface area contributed by atoms with Gasteiger partial charge in [0.05, 0.1) is 11.5 Å². The number of benzene rings is 1. The normalized spacial score (nSPS) is 20.8. The second-order valence-corrected chi connectivity index (χ2v) is 9.24. The van der Waals surface area contributed by atoms with Gasteiger partial charge in [-0.2, -0.15) is 0 Å². The first-order valence-electron chi connectivity index (χ1n) is 8.54. The molecule has 3 N–H and O–H groups in total. The van der Waals surface area contributed by atoms with Crippen LogP contribution in [0.25, 0.3) is 0 Å². The van der Waals surface area contributed by atoms with Gasteiger partial charge in [-0.3, -0.25) is 4.79 Å². The first-order valence-corrected chi connectivity index (χ1v) is 10.7. The smallest absolute Gasteiger partial charge is 0.315 e. The molecular formula is C17H24ClN3O4S. The van der Waals surface area contributed by atoms with Crippen molar-refractivity contribution in [2.45, 2.75) is 38.8 Å². The zero-order valence-corrected chi connectivity index (χ0v) is 16.4. The fourth-order valence-electron chi connectivity index (χ4n) is 2.73. The van der Waals surface area contributed by atoms with E-state index in [1.54, 1.807) is 24.3 Å². The molecule has 0 bridgehead atoms. The molecule has 0 spiro atoms. The van der Waals surface area contributed by atoms with E-state index in [1.807, 2.05) is 13.8 Å². The lowest BCUT2D eigenvalue weighted by Crippen LogP contribution is -2.53. The molecule has 2 rings (SSSR count). The Kier molecular flexibility index (Phi) is 6.88. The summed E-state index contributed by atoms with van der Waals surface area (Å²) < 4.78 is 23.0. The molecule has 1 aromatic rings. The molecule has 0 aromatic heterocycles. The fourth-order valence-corrected chi connectivity index (χ4v) is 4.53. The highest BCUT2D eigenvalue weighted by Gasteiger charge is 2.31. The lowest BCUT2D eigenvalue weighted by molar-refractivity contribution is -0.119. The number of halogens is 1.